The van der Waals surface area contributed by atoms with E-state index in [1.165, 1.54) is 18.2 Å². The van der Waals surface area contributed by atoms with Crippen LogP contribution in [0.15, 0.2) is 97.1 Å². The molecular weight excluding hydrogens is 536 g/mol. The molecule has 0 aliphatic carbocycles. The average molecular weight is 568 g/mol. The Kier molecular flexibility index (Phi) is 7.61. The minimum absolute atomic E-state index is 0.0898. The molecule has 0 bridgehead atoms. The molecular formula is C34H31F2N3O3. The molecule has 8 heteroatoms. The van der Waals surface area contributed by atoms with Crippen LogP contribution in [0.1, 0.15) is 39.0 Å². The Hall–Kier alpha value is -4.72. The van der Waals surface area contributed by atoms with Gasteiger partial charge in [0.1, 0.15) is 17.4 Å². The molecule has 1 fully saturated rings. The number of nitrogens with zero attached hydrogens (tertiary/aromatic N) is 3. The number of ether oxygens (including phenoxy) is 1. The van der Waals surface area contributed by atoms with Gasteiger partial charge in [-0.05, 0) is 59.2 Å². The van der Waals surface area contributed by atoms with E-state index in [-0.39, 0.29) is 30.0 Å². The van der Waals surface area contributed by atoms with Crippen molar-refractivity contribution in [3.63, 3.8) is 0 Å². The van der Waals surface area contributed by atoms with Gasteiger partial charge in [-0.1, -0.05) is 54.6 Å². The van der Waals surface area contributed by atoms with Crippen LogP contribution in [-0.2, 0) is 11.3 Å². The highest BCUT2D eigenvalue weighted by Crippen LogP contribution is 2.45. The zero-order valence-corrected chi connectivity index (χ0v) is 23.3. The van der Waals surface area contributed by atoms with Crippen LogP contribution in [0.2, 0.25) is 0 Å². The molecule has 0 saturated carbocycles. The van der Waals surface area contributed by atoms with Crippen molar-refractivity contribution in [2.24, 2.45) is 0 Å². The van der Waals surface area contributed by atoms with Gasteiger partial charge in [-0.2, -0.15) is 0 Å². The number of carbonyl (C=O) groups is 2. The summed E-state index contributed by atoms with van der Waals surface area (Å²) in [7, 11) is 1.59. The van der Waals surface area contributed by atoms with Gasteiger partial charge in [-0.3, -0.25) is 9.59 Å². The molecule has 2 aliphatic rings. The largest absolute Gasteiger partial charge is 0.497 e. The van der Waals surface area contributed by atoms with Gasteiger partial charge in [-0.25, -0.2) is 8.78 Å². The fraction of sp³-hybridized carbons (Fsp3) is 0.235. The summed E-state index contributed by atoms with van der Waals surface area (Å²) < 4.78 is 33.6. The Balaban J connectivity index is 1.38. The number of para-hydroxylation sites is 1. The molecule has 2 aliphatic heterocycles. The van der Waals surface area contributed by atoms with Crippen LogP contribution >= 0.6 is 0 Å². The summed E-state index contributed by atoms with van der Waals surface area (Å²) in [6, 6.07) is 26.8. The van der Waals surface area contributed by atoms with Gasteiger partial charge in [0, 0.05) is 38.3 Å². The van der Waals surface area contributed by atoms with Crippen molar-refractivity contribution in [2.75, 3.05) is 38.2 Å². The van der Waals surface area contributed by atoms with Gasteiger partial charge < -0.3 is 19.4 Å². The maximum atomic E-state index is 14.5. The molecule has 0 radical (unpaired) electrons. The molecule has 42 heavy (non-hydrogen) atoms. The molecule has 6 rings (SSSR count). The standard InChI is InChI=1S/C34H31F2N3O3/c1-42-26-16-12-24(13-17-26)32-31(34(41)38-20-18-37(19-21-38)30-9-5-4-8-29(30)36)27-6-2-3-7-28(27)33(40)39(32)22-23-10-14-25(35)15-11-23/h2-17,31-32H,18-22H2,1H3/t31-,32+/m1/s1. The lowest BCUT2D eigenvalue weighted by molar-refractivity contribution is -0.135. The lowest BCUT2D eigenvalue weighted by Gasteiger charge is -2.45. The highest BCUT2D eigenvalue weighted by molar-refractivity contribution is 6.01. The molecule has 0 aromatic heterocycles. The number of rotatable bonds is 6. The van der Waals surface area contributed by atoms with Crippen molar-refractivity contribution >= 4 is 17.5 Å². The summed E-state index contributed by atoms with van der Waals surface area (Å²) in [6.45, 7) is 2.04. The number of anilines is 1. The van der Waals surface area contributed by atoms with Gasteiger partial charge in [0.2, 0.25) is 5.91 Å². The number of hydrogen-bond acceptors (Lipinski definition) is 4. The van der Waals surface area contributed by atoms with E-state index in [4.69, 9.17) is 4.74 Å². The molecule has 0 spiro atoms. The number of hydrogen-bond donors (Lipinski definition) is 0. The molecule has 2 amide bonds. The van der Waals surface area contributed by atoms with Crippen LogP contribution < -0.4 is 9.64 Å². The Bertz CT molecular complexity index is 1580. The van der Waals surface area contributed by atoms with Crippen LogP contribution in [0.3, 0.4) is 0 Å². The van der Waals surface area contributed by atoms with Crippen LogP contribution in [0.25, 0.3) is 0 Å². The van der Waals surface area contributed by atoms with Gasteiger partial charge in [0.05, 0.1) is 24.8 Å². The summed E-state index contributed by atoms with van der Waals surface area (Å²) >= 11 is 0. The number of methoxy groups -OCH3 is 1. The molecule has 4 aromatic carbocycles. The van der Waals surface area contributed by atoms with Crippen molar-refractivity contribution < 1.29 is 23.1 Å². The summed E-state index contributed by atoms with van der Waals surface area (Å²) in [4.78, 5) is 34.0. The van der Waals surface area contributed by atoms with E-state index in [0.29, 0.717) is 48.7 Å². The molecule has 0 N–H and O–H groups in total. The molecule has 0 unspecified atom stereocenters. The highest BCUT2D eigenvalue weighted by atomic mass is 19.1. The van der Waals surface area contributed by atoms with E-state index in [2.05, 4.69) is 0 Å². The Labute approximate surface area is 243 Å². The maximum absolute atomic E-state index is 14.5. The summed E-state index contributed by atoms with van der Waals surface area (Å²) in [6.07, 6.45) is 0. The second-order valence-corrected chi connectivity index (χ2v) is 10.6. The van der Waals surface area contributed by atoms with Crippen molar-refractivity contribution in [3.05, 3.63) is 131 Å². The normalized spacial score (nSPS) is 18.5. The first-order chi connectivity index (χ1) is 20.4. The number of benzene rings is 4. The third-order valence-corrected chi connectivity index (χ3v) is 8.21. The van der Waals surface area contributed by atoms with Gasteiger partial charge in [-0.15, -0.1) is 0 Å². The predicted octanol–water partition coefficient (Wildman–Crippen LogP) is 5.80. The predicted molar refractivity (Wildman–Crippen MR) is 156 cm³/mol. The first-order valence-electron chi connectivity index (χ1n) is 14.0. The first-order valence-corrected chi connectivity index (χ1v) is 14.0. The van der Waals surface area contributed by atoms with Crippen LogP contribution in [-0.4, -0.2) is 54.9 Å². The van der Waals surface area contributed by atoms with E-state index in [9.17, 15) is 18.4 Å². The molecule has 2 atom stereocenters. The minimum Gasteiger partial charge on any atom is -0.497 e. The van der Waals surface area contributed by atoms with Gasteiger partial charge >= 0.3 is 0 Å². The van der Waals surface area contributed by atoms with Crippen LogP contribution in [0, 0.1) is 11.6 Å². The second-order valence-electron chi connectivity index (χ2n) is 10.6. The topological polar surface area (TPSA) is 53.1 Å². The number of fused-ring (bicyclic) bond motifs is 1. The van der Waals surface area contributed by atoms with E-state index >= 15 is 0 Å². The van der Waals surface area contributed by atoms with Crippen LogP contribution in [0.5, 0.6) is 5.75 Å². The first kappa shape index (κ1) is 27.4. The summed E-state index contributed by atoms with van der Waals surface area (Å²) in [5.41, 5.74) is 3.24. The SMILES string of the molecule is COc1ccc([C@H]2[C@H](C(=O)N3CCN(c4ccccc4F)CC3)c3ccccc3C(=O)N2Cc2ccc(F)cc2)cc1. The third kappa shape index (κ3) is 5.20. The van der Waals surface area contributed by atoms with E-state index in [1.54, 1.807) is 54.5 Å². The Morgan fingerprint density at radius 1 is 0.833 bits per heavy atom. The van der Waals surface area contributed by atoms with Crippen molar-refractivity contribution in [2.45, 2.75) is 18.5 Å². The lowest BCUT2D eigenvalue weighted by Crippen LogP contribution is -2.53. The monoisotopic (exact) mass is 567 g/mol. The van der Waals surface area contributed by atoms with Crippen molar-refractivity contribution in [1.82, 2.24) is 9.80 Å². The van der Waals surface area contributed by atoms with Crippen molar-refractivity contribution in [1.29, 1.82) is 0 Å². The molecule has 1 saturated heterocycles. The third-order valence-electron chi connectivity index (χ3n) is 8.21. The highest BCUT2D eigenvalue weighted by Gasteiger charge is 2.45. The Morgan fingerprint density at radius 2 is 1.50 bits per heavy atom. The fourth-order valence-electron chi connectivity index (χ4n) is 6.06. The minimum atomic E-state index is -0.673. The second kappa shape index (κ2) is 11.6. The van der Waals surface area contributed by atoms with Crippen molar-refractivity contribution in [3.8, 4) is 5.75 Å². The average Bonchev–Trinajstić information content (AvgIpc) is 3.03. The maximum Gasteiger partial charge on any atom is 0.255 e. The number of amides is 2. The lowest BCUT2D eigenvalue weighted by atomic mass is 9.78. The van der Waals surface area contributed by atoms with E-state index in [0.717, 1.165) is 11.1 Å². The number of carbonyl (C=O) groups excluding carboxylic acids is 2. The zero-order chi connectivity index (χ0) is 29.2. The molecule has 4 aromatic rings. The molecule has 6 nitrogen and oxygen atoms in total. The van der Waals surface area contributed by atoms with Gasteiger partial charge in [0.15, 0.2) is 0 Å². The fourth-order valence-corrected chi connectivity index (χ4v) is 6.06. The Morgan fingerprint density at radius 3 is 2.19 bits per heavy atom. The number of halogens is 2. The summed E-state index contributed by atoms with van der Waals surface area (Å²) in [5, 5.41) is 0. The van der Waals surface area contributed by atoms with E-state index < -0.39 is 12.0 Å². The molecule has 2 heterocycles. The summed E-state index contributed by atoms with van der Waals surface area (Å²) in [5.74, 6) is -0.931. The zero-order valence-electron chi connectivity index (χ0n) is 23.3. The van der Waals surface area contributed by atoms with Crippen LogP contribution in [0.4, 0.5) is 14.5 Å². The quantitative estimate of drug-likeness (QED) is 0.296. The number of piperazine rings is 1. The van der Waals surface area contributed by atoms with E-state index in [1.807, 2.05) is 46.2 Å². The smallest absolute Gasteiger partial charge is 0.255 e. The molecule has 214 valence electrons. The van der Waals surface area contributed by atoms with Gasteiger partial charge in [0.25, 0.3) is 5.91 Å².